The monoisotopic (exact) mass is 377 g/mol. The molecule has 136 valence electrons. The van der Waals surface area contributed by atoms with Crippen molar-refractivity contribution in [2.75, 3.05) is 23.4 Å². The molecule has 1 aromatic carbocycles. The maximum atomic E-state index is 12.2. The van der Waals surface area contributed by atoms with Gasteiger partial charge in [-0.25, -0.2) is 0 Å². The molecule has 1 aliphatic heterocycles. The molecule has 8 nitrogen and oxygen atoms in total. The molecule has 1 aliphatic rings. The molecule has 2 heterocycles. The number of halogens is 1. The van der Waals surface area contributed by atoms with Gasteiger partial charge < -0.3 is 19.5 Å². The van der Waals surface area contributed by atoms with Gasteiger partial charge in [-0.1, -0.05) is 22.8 Å². The first-order chi connectivity index (χ1) is 12.4. The maximum absolute atomic E-state index is 12.2. The van der Waals surface area contributed by atoms with Gasteiger partial charge >= 0.3 is 5.97 Å². The molecule has 2 amide bonds. The average molecular weight is 378 g/mol. The molecule has 2 aromatic rings. The van der Waals surface area contributed by atoms with E-state index in [4.69, 9.17) is 20.9 Å². The van der Waals surface area contributed by atoms with Crippen molar-refractivity contribution in [3.8, 4) is 0 Å². The Morgan fingerprint density at radius 3 is 2.92 bits per heavy atom. The minimum Gasteiger partial charge on any atom is -0.455 e. The Morgan fingerprint density at radius 2 is 2.23 bits per heavy atom. The van der Waals surface area contributed by atoms with Crippen LogP contribution < -0.4 is 10.2 Å². The molecule has 0 unspecified atom stereocenters. The molecular weight excluding hydrogens is 362 g/mol. The van der Waals surface area contributed by atoms with Gasteiger partial charge in [-0.3, -0.25) is 14.4 Å². The second-order valence-electron chi connectivity index (χ2n) is 5.86. The highest BCUT2D eigenvalue weighted by atomic mass is 35.5. The van der Waals surface area contributed by atoms with Crippen LogP contribution in [-0.4, -0.2) is 36.1 Å². The molecule has 0 saturated carbocycles. The van der Waals surface area contributed by atoms with E-state index in [0.29, 0.717) is 16.5 Å². The number of nitrogens with zero attached hydrogens (tertiary/aromatic N) is 2. The minimum absolute atomic E-state index is 0.0233. The predicted octanol–water partition coefficient (Wildman–Crippen LogP) is 2.17. The number of ether oxygens (including phenoxy) is 1. The summed E-state index contributed by atoms with van der Waals surface area (Å²) in [4.78, 5) is 37.6. The van der Waals surface area contributed by atoms with Crippen molar-refractivity contribution < 1.29 is 23.6 Å². The van der Waals surface area contributed by atoms with Gasteiger partial charge in [-0.05, 0) is 25.1 Å². The number of rotatable bonds is 5. The van der Waals surface area contributed by atoms with Crippen molar-refractivity contribution in [2.45, 2.75) is 13.3 Å². The smallest absolute Gasteiger partial charge is 0.311 e. The topological polar surface area (TPSA) is 102 Å². The molecule has 0 spiro atoms. The van der Waals surface area contributed by atoms with Crippen LogP contribution in [-0.2, 0) is 19.1 Å². The van der Waals surface area contributed by atoms with E-state index in [0.717, 1.165) is 0 Å². The van der Waals surface area contributed by atoms with E-state index < -0.39 is 24.4 Å². The Balaban J connectivity index is 1.52. The van der Waals surface area contributed by atoms with Gasteiger partial charge in [0.15, 0.2) is 12.4 Å². The fourth-order valence-corrected chi connectivity index (χ4v) is 2.80. The zero-order valence-corrected chi connectivity index (χ0v) is 14.7. The summed E-state index contributed by atoms with van der Waals surface area (Å²) < 4.78 is 9.83. The third kappa shape index (κ3) is 4.20. The van der Waals surface area contributed by atoms with Gasteiger partial charge in [-0.15, -0.1) is 0 Å². The number of hydrogen-bond donors (Lipinski definition) is 1. The van der Waals surface area contributed by atoms with Crippen LogP contribution >= 0.6 is 11.6 Å². The summed E-state index contributed by atoms with van der Waals surface area (Å²) >= 11 is 5.94. The molecule has 1 saturated heterocycles. The van der Waals surface area contributed by atoms with Crippen LogP contribution in [0.3, 0.4) is 0 Å². The fourth-order valence-electron chi connectivity index (χ4n) is 2.62. The maximum Gasteiger partial charge on any atom is 0.311 e. The molecule has 3 rings (SSSR count). The van der Waals surface area contributed by atoms with Crippen molar-refractivity contribution in [1.29, 1.82) is 0 Å². The number of aromatic nitrogens is 1. The van der Waals surface area contributed by atoms with Crippen LogP contribution in [0.1, 0.15) is 12.2 Å². The number of anilines is 2. The molecule has 9 heteroatoms. The molecule has 26 heavy (non-hydrogen) atoms. The lowest BCUT2D eigenvalue weighted by atomic mass is 10.1. The van der Waals surface area contributed by atoms with Gasteiger partial charge in [0.25, 0.3) is 5.91 Å². The Bertz CT molecular complexity index is 850. The SMILES string of the molecule is Cc1cc(NC(=O)COC(=O)[C@H]2CC(=O)N(c3cccc(Cl)c3)C2)no1. The third-order valence-corrected chi connectivity index (χ3v) is 4.05. The normalized spacial score (nSPS) is 16.6. The molecule has 1 fully saturated rings. The number of amides is 2. The van der Waals surface area contributed by atoms with Crippen molar-refractivity contribution in [3.05, 3.63) is 41.1 Å². The molecule has 0 radical (unpaired) electrons. The third-order valence-electron chi connectivity index (χ3n) is 3.82. The van der Waals surface area contributed by atoms with Crippen LogP contribution in [0.5, 0.6) is 0 Å². The van der Waals surface area contributed by atoms with Gasteiger partial charge in [0.05, 0.1) is 5.92 Å². The zero-order valence-electron chi connectivity index (χ0n) is 13.9. The first-order valence-corrected chi connectivity index (χ1v) is 8.26. The summed E-state index contributed by atoms with van der Waals surface area (Å²) in [6, 6.07) is 8.36. The largest absolute Gasteiger partial charge is 0.455 e. The van der Waals surface area contributed by atoms with Gasteiger partial charge in [-0.2, -0.15) is 0 Å². The molecule has 1 N–H and O–H groups in total. The van der Waals surface area contributed by atoms with Gasteiger partial charge in [0.1, 0.15) is 5.76 Å². The number of carbonyl (C=O) groups excluding carboxylic acids is 3. The minimum atomic E-state index is -0.636. The van der Waals surface area contributed by atoms with Crippen LogP contribution in [0.25, 0.3) is 0 Å². The van der Waals surface area contributed by atoms with Crippen LogP contribution in [0.4, 0.5) is 11.5 Å². The number of hydrogen-bond acceptors (Lipinski definition) is 6. The number of esters is 1. The highest BCUT2D eigenvalue weighted by Crippen LogP contribution is 2.27. The number of benzene rings is 1. The summed E-state index contributed by atoms with van der Waals surface area (Å²) in [6.45, 7) is 1.40. The number of carbonyl (C=O) groups is 3. The summed E-state index contributed by atoms with van der Waals surface area (Å²) in [5.74, 6) is -1.19. The Kier molecular flexibility index (Phi) is 5.22. The Hall–Kier alpha value is -2.87. The van der Waals surface area contributed by atoms with Gasteiger partial charge in [0, 0.05) is 29.7 Å². The van der Waals surface area contributed by atoms with E-state index in [1.165, 1.54) is 11.0 Å². The fraction of sp³-hybridized carbons (Fsp3) is 0.294. The van der Waals surface area contributed by atoms with Gasteiger partial charge in [0.2, 0.25) is 5.91 Å². The second kappa shape index (κ2) is 7.57. The molecule has 0 aliphatic carbocycles. The first-order valence-electron chi connectivity index (χ1n) is 7.88. The van der Waals surface area contributed by atoms with Crippen molar-refractivity contribution in [2.24, 2.45) is 5.92 Å². The Labute approximate surface area is 154 Å². The van der Waals surface area contributed by atoms with Crippen molar-refractivity contribution in [1.82, 2.24) is 5.16 Å². The van der Waals surface area contributed by atoms with E-state index in [9.17, 15) is 14.4 Å². The Morgan fingerprint density at radius 1 is 1.42 bits per heavy atom. The molecule has 0 bridgehead atoms. The first kappa shape index (κ1) is 17.9. The lowest BCUT2D eigenvalue weighted by Gasteiger charge is -2.16. The lowest BCUT2D eigenvalue weighted by molar-refractivity contribution is -0.151. The molecule has 1 atom stereocenters. The average Bonchev–Trinajstić information content (AvgIpc) is 3.18. The summed E-state index contributed by atoms with van der Waals surface area (Å²) in [6.07, 6.45) is 0.0233. The second-order valence-corrected chi connectivity index (χ2v) is 6.30. The number of nitrogens with one attached hydrogen (secondary N) is 1. The van der Waals surface area contributed by atoms with E-state index in [1.54, 1.807) is 31.2 Å². The summed E-state index contributed by atoms with van der Waals surface area (Å²) in [7, 11) is 0. The van der Waals surface area contributed by atoms with Crippen molar-refractivity contribution in [3.63, 3.8) is 0 Å². The standard InChI is InChI=1S/C17H16ClN3O5/c1-10-5-14(20-26-10)19-15(22)9-25-17(24)11-6-16(23)21(8-11)13-4-2-3-12(18)7-13/h2-5,7,11H,6,8-9H2,1H3,(H,19,20,22)/t11-/m0/s1. The van der Waals surface area contributed by atoms with Crippen LogP contribution in [0.15, 0.2) is 34.9 Å². The zero-order chi connectivity index (χ0) is 18.7. The van der Waals surface area contributed by atoms with Crippen molar-refractivity contribution >= 4 is 40.9 Å². The highest BCUT2D eigenvalue weighted by molar-refractivity contribution is 6.31. The quantitative estimate of drug-likeness (QED) is 0.801. The number of aryl methyl sites for hydroxylation is 1. The summed E-state index contributed by atoms with van der Waals surface area (Å²) in [5.41, 5.74) is 0.622. The lowest BCUT2D eigenvalue weighted by Crippen LogP contribution is -2.28. The van der Waals surface area contributed by atoms with E-state index in [2.05, 4.69) is 10.5 Å². The van der Waals surface area contributed by atoms with E-state index in [-0.39, 0.29) is 24.7 Å². The predicted molar refractivity (Wildman–Crippen MR) is 92.7 cm³/mol. The molecular formula is C17H16ClN3O5. The van der Waals surface area contributed by atoms with Crippen LogP contribution in [0, 0.1) is 12.8 Å². The molecule has 1 aromatic heterocycles. The highest BCUT2D eigenvalue weighted by Gasteiger charge is 2.36. The van der Waals surface area contributed by atoms with Crippen LogP contribution in [0.2, 0.25) is 5.02 Å². The van der Waals surface area contributed by atoms with E-state index in [1.807, 2.05) is 0 Å². The van der Waals surface area contributed by atoms with E-state index >= 15 is 0 Å². The summed E-state index contributed by atoms with van der Waals surface area (Å²) in [5, 5.41) is 6.56.